The van der Waals surface area contributed by atoms with Gasteiger partial charge in [0.25, 0.3) is 11.5 Å². The average Bonchev–Trinajstić information content (AvgIpc) is 3.28. The summed E-state index contributed by atoms with van der Waals surface area (Å²) in [5, 5.41) is 8.57. The van der Waals surface area contributed by atoms with Crippen LogP contribution in [0.5, 0.6) is 0 Å². The maximum atomic E-state index is 13.9. The molecule has 0 unspecified atom stereocenters. The van der Waals surface area contributed by atoms with E-state index in [1.165, 1.54) is 4.90 Å². The van der Waals surface area contributed by atoms with Crippen molar-refractivity contribution in [1.29, 1.82) is 0 Å². The molecule has 0 radical (unpaired) electrons. The quantitative estimate of drug-likeness (QED) is 0.310. The van der Waals surface area contributed by atoms with E-state index in [1.807, 2.05) is 45.0 Å². The van der Waals surface area contributed by atoms with Crippen LogP contribution in [0.1, 0.15) is 52.0 Å². The summed E-state index contributed by atoms with van der Waals surface area (Å²) in [6.45, 7) is 5.90. The lowest BCUT2D eigenvalue weighted by Gasteiger charge is -2.32. The summed E-state index contributed by atoms with van der Waals surface area (Å²) in [6, 6.07) is 11.4. The van der Waals surface area contributed by atoms with E-state index in [1.54, 1.807) is 18.2 Å². The van der Waals surface area contributed by atoms with Gasteiger partial charge in [-0.15, -0.1) is 0 Å². The standard InChI is InChI=1S/C29H36BrN5O5/c1-29(2,3)40-28(39)32-16-18-4-8-19(9-5-18)26(37)35(21-12-13-22-24(15-21)33-34-25(22)36)27(38)23(31)14-17-6-10-20(30)11-7-17/h6-7,10-13,15,18-19,23H,4-5,8-9,14,16,31H2,1-3H3,(H,32,39)(H2,33,34,36)/t18?,19?,23-/m0/s1. The van der Waals surface area contributed by atoms with Crippen LogP contribution in [0, 0.1) is 11.8 Å². The molecule has 10 nitrogen and oxygen atoms in total. The highest BCUT2D eigenvalue weighted by molar-refractivity contribution is 9.10. The molecule has 11 heteroatoms. The van der Waals surface area contributed by atoms with Gasteiger partial charge in [-0.2, -0.15) is 0 Å². The fourth-order valence-corrected chi connectivity index (χ4v) is 5.26. The summed E-state index contributed by atoms with van der Waals surface area (Å²) in [7, 11) is 0. The van der Waals surface area contributed by atoms with Crippen LogP contribution in [0.3, 0.4) is 0 Å². The van der Waals surface area contributed by atoms with E-state index in [4.69, 9.17) is 10.5 Å². The SMILES string of the molecule is CC(C)(C)OC(=O)NCC1CCC(C(=O)N(C(=O)[C@@H](N)Cc2ccc(Br)cc2)c2ccc3c(=O)[nH][nH]c3c2)CC1. The number of nitrogens with zero attached hydrogens (tertiary/aromatic N) is 1. The minimum atomic E-state index is -0.944. The number of nitrogens with one attached hydrogen (secondary N) is 3. The minimum Gasteiger partial charge on any atom is -0.444 e. The van der Waals surface area contributed by atoms with Gasteiger partial charge in [-0.1, -0.05) is 28.1 Å². The third-order valence-electron chi connectivity index (χ3n) is 7.07. The molecule has 0 bridgehead atoms. The fraction of sp³-hybridized carbons (Fsp3) is 0.448. The molecule has 3 amide bonds. The zero-order valence-electron chi connectivity index (χ0n) is 23.0. The second kappa shape index (κ2) is 12.4. The van der Waals surface area contributed by atoms with Crippen LogP contribution >= 0.6 is 15.9 Å². The van der Waals surface area contributed by atoms with Gasteiger partial charge in [0.2, 0.25) is 5.91 Å². The van der Waals surface area contributed by atoms with E-state index in [2.05, 4.69) is 31.4 Å². The molecular formula is C29H36BrN5O5. The Kier molecular flexibility index (Phi) is 9.15. The van der Waals surface area contributed by atoms with Gasteiger partial charge in [-0.3, -0.25) is 24.6 Å². The highest BCUT2D eigenvalue weighted by Crippen LogP contribution is 2.32. The van der Waals surface area contributed by atoms with Crippen LogP contribution in [0.15, 0.2) is 51.7 Å². The lowest BCUT2D eigenvalue weighted by atomic mass is 9.81. The molecule has 1 fully saturated rings. The van der Waals surface area contributed by atoms with E-state index in [-0.39, 0.29) is 29.7 Å². The topological polar surface area (TPSA) is 150 Å². The van der Waals surface area contributed by atoms with Crippen LogP contribution in [-0.2, 0) is 20.7 Å². The molecule has 4 rings (SSSR count). The van der Waals surface area contributed by atoms with Crippen LogP contribution in [0.4, 0.5) is 10.5 Å². The van der Waals surface area contributed by atoms with Gasteiger partial charge in [-0.25, -0.2) is 9.69 Å². The van der Waals surface area contributed by atoms with Crippen molar-refractivity contribution < 1.29 is 19.1 Å². The molecular weight excluding hydrogens is 578 g/mol. The lowest BCUT2D eigenvalue weighted by molar-refractivity contribution is -0.130. The predicted octanol–water partition coefficient (Wildman–Crippen LogP) is 4.38. The molecule has 1 aromatic heterocycles. The molecule has 5 N–H and O–H groups in total. The molecule has 1 aliphatic rings. The summed E-state index contributed by atoms with van der Waals surface area (Å²) in [6.07, 6.45) is 2.41. The highest BCUT2D eigenvalue weighted by atomic mass is 79.9. The average molecular weight is 615 g/mol. The number of amides is 3. The number of anilines is 1. The summed E-state index contributed by atoms with van der Waals surface area (Å²) in [5.41, 5.74) is 7.25. The first-order chi connectivity index (χ1) is 18.9. The van der Waals surface area contributed by atoms with Gasteiger partial charge in [0.15, 0.2) is 0 Å². The molecule has 0 saturated heterocycles. The van der Waals surface area contributed by atoms with E-state index in [0.29, 0.717) is 36.0 Å². The van der Waals surface area contributed by atoms with Crippen molar-refractivity contribution in [2.75, 3.05) is 11.4 Å². The molecule has 2 aromatic carbocycles. The Labute approximate surface area is 241 Å². The summed E-state index contributed by atoms with van der Waals surface area (Å²) < 4.78 is 6.23. The van der Waals surface area contributed by atoms with Gasteiger partial charge in [0.1, 0.15) is 5.60 Å². The van der Waals surface area contributed by atoms with Gasteiger partial charge < -0.3 is 15.8 Å². The number of aromatic amines is 2. The molecule has 3 aromatic rings. The molecule has 1 atom stereocenters. The largest absolute Gasteiger partial charge is 0.444 e. The van der Waals surface area contributed by atoms with Crippen molar-refractivity contribution in [3.63, 3.8) is 0 Å². The third kappa shape index (κ3) is 7.39. The maximum Gasteiger partial charge on any atom is 0.407 e. The van der Waals surface area contributed by atoms with E-state index < -0.39 is 23.6 Å². The van der Waals surface area contributed by atoms with E-state index in [9.17, 15) is 19.2 Å². The number of H-pyrrole nitrogens is 2. The Hall–Kier alpha value is -3.44. The zero-order valence-corrected chi connectivity index (χ0v) is 24.5. The first-order valence-corrected chi connectivity index (χ1v) is 14.3. The first kappa shape index (κ1) is 29.5. The number of ether oxygens (including phenoxy) is 1. The molecule has 1 heterocycles. The number of imide groups is 1. The lowest BCUT2D eigenvalue weighted by Crippen LogP contribution is -2.50. The molecule has 1 aliphatic carbocycles. The second-order valence-electron chi connectivity index (χ2n) is 11.4. The Balaban J connectivity index is 1.48. The van der Waals surface area contributed by atoms with Gasteiger partial charge in [-0.05, 0) is 94.7 Å². The van der Waals surface area contributed by atoms with Crippen LogP contribution in [-0.4, -0.2) is 46.3 Å². The zero-order chi connectivity index (χ0) is 29.0. The number of hydrogen-bond acceptors (Lipinski definition) is 6. The van der Waals surface area contributed by atoms with Crippen molar-refractivity contribution in [2.24, 2.45) is 17.6 Å². The highest BCUT2D eigenvalue weighted by Gasteiger charge is 2.35. The molecule has 0 spiro atoms. The smallest absolute Gasteiger partial charge is 0.407 e. The summed E-state index contributed by atoms with van der Waals surface area (Å²) in [5.74, 6) is -0.977. The fourth-order valence-electron chi connectivity index (χ4n) is 4.99. The predicted molar refractivity (Wildman–Crippen MR) is 157 cm³/mol. The Morgan fingerprint density at radius 1 is 1.07 bits per heavy atom. The first-order valence-electron chi connectivity index (χ1n) is 13.5. The number of halogens is 1. The van der Waals surface area contributed by atoms with E-state index >= 15 is 0 Å². The molecule has 214 valence electrons. The number of benzene rings is 2. The number of fused-ring (bicyclic) bond motifs is 1. The number of nitrogens with two attached hydrogens (primary N) is 1. The second-order valence-corrected chi connectivity index (χ2v) is 12.3. The normalized spacial score (nSPS) is 18.2. The van der Waals surface area contributed by atoms with Gasteiger partial charge >= 0.3 is 6.09 Å². The van der Waals surface area contributed by atoms with Crippen LogP contribution in [0.25, 0.3) is 10.9 Å². The van der Waals surface area contributed by atoms with Crippen LogP contribution in [0.2, 0.25) is 0 Å². The Morgan fingerprint density at radius 2 is 1.75 bits per heavy atom. The van der Waals surface area contributed by atoms with Crippen molar-refractivity contribution in [1.82, 2.24) is 15.5 Å². The number of aromatic nitrogens is 2. The number of rotatable bonds is 7. The molecule has 0 aliphatic heterocycles. The summed E-state index contributed by atoms with van der Waals surface area (Å²) >= 11 is 3.41. The number of alkyl carbamates (subject to hydrolysis) is 1. The minimum absolute atomic E-state index is 0.210. The monoisotopic (exact) mass is 613 g/mol. The number of carbonyl (C=O) groups excluding carboxylic acids is 3. The Bertz CT molecular complexity index is 1420. The van der Waals surface area contributed by atoms with Crippen molar-refractivity contribution in [2.45, 2.75) is 64.5 Å². The van der Waals surface area contributed by atoms with Crippen molar-refractivity contribution in [3.05, 3.63) is 62.9 Å². The van der Waals surface area contributed by atoms with E-state index in [0.717, 1.165) is 22.9 Å². The number of hydrogen-bond donors (Lipinski definition) is 4. The maximum absolute atomic E-state index is 13.9. The Morgan fingerprint density at radius 3 is 2.40 bits per heavy atom. The van der Waals surface area contributed by atoms with Gasteiger partial charge in [0, 0.05) is 16.9 Å². The van der Waals surface area contributed by atoms with Crippen LogP contribution < -0.4 is 21.5 Å². The summed E-state index contributed by atoms with van der Waals surface area (Å²) in [4.78, 5) is 52.8. The van der Waals surface area contributed by atoms with Crippen molar-refractivity contribution >= 4 is 50.4 Å². The molecule has 40 heavy (non-hydrogen) atoms. The third-order valence-corrected chi connectivity index (χ3v) is 7.60. The van der Waals surface area contributed by atoms with Gasteiger partial charge in [0.05, 0.1) is 22.6 Å². The number of carbonyl (C=O) groups is 3. The van der Waals surface area contributed by atoms with Crippen molar-refractivity contribution in [3.8, 4) is 0 Å². The molecule has 1 saturated carbocycles.